The standard InChI is InChI=1S/C12H16N2O4S/c13-12(17)9(7-19)14(18)11(16)6-5-8-3-1-2-4-10(8)15/h1-4,9,15,18-19H,5-7H2,(H2,13,17)/t9-/m0/s1. The molecule has 1 aromatic rings. The number of hydrogen-bond acceptors (Lipinski definition) is 5. The minimum Gasteiger partial charge on any atom is -0.508 e. The number of nitrogens with two attached hydrogens (primary N) is 1. The van der Waals surface area contributed by atoms with Gasteiger partial charge in [0.05, 0.1) is 0 Å². The van der Waals surface area contributed by atoms with Crippen LogP contribution in [-0.4, -0.2) is 39.0 Å². The highest BCUT2D eigenvalue weighted by Crippen LogP contribution is 2.17. The normalized spacial score (nSPS) is 11.9. The largest absolute Gasteiger partial charge is 0.508 e. The first-order valence-electron chi connectivity index (χ1n) is 5.65. The van der Waals surface area contributed by atoms with Crippen LogP contribution in [0.2, 0.25) is 0 Å². The van der Waals surface area contributed by atoms with Crippen molar-refractivity contribution in [2.75, 3.05) is 5.75 Å². The molecule has 0 aromatic heterocycles. The molecule has 104 valence electrons. The van der Waals surface area contributed by atoms with E-state index in [0.717, 1.165) is 0 Å². The van der Waals surface area contributed by atoms with Crippen LogP contribution in [0.25, 0.3) is 0 Å². The number of phenolic OH excluding ortho intramolecular Hbond substituents is 1. The molecule has 6 nitrogen and oxygen atoms in total. The van der Waals surface area contributed by atoms with Crippen LogP contribution in [0.4, 0.5) is 0 Å². The Morgan fingerprint density at radius 2 is 2.00 bits per heavy atom. The molecule has 0 unspecified atom stereocenters. The molecule has 19 heavy (non-hydrogen) atoms. The summed E-state index contributed by atoms with van der Waals surface area (Å²) < 4.78 is 0. The SMILES string of the molecule is NC(=O)[C@H](CS)N(O)C(=O)CCc1ccccc1O. The van der Waals surface area contributed by atoms with E-state index in [1.165, 1.54) is 6.07 Å². The van der Waals surface area contributed by atoms with Gasteiger partial charge in [-0.05, 0) is 18.1 Å². The van der Waals surface area contributed by atoms with E-state index < -0.39 is 17.9 Å². The monoisotopic (exact) mass is 284 g/mol. The van der Waals surface area contributed by atoms with Crippen LogP contribution in [0, 0.1) is 0 Å². The van der Waals surface area contributed by atoms with Crippen molar-refractivity contribution in [2.24, 2.45) is 5.73 Å². The van der Waals surface area contributed by atoms with Crippen molar-refractivity contribution in [3.8, 4) is 5.75 Å². The van der Waals surface area contributed by atoms with Crippen molar-refractivity contribution in [3.63, 3.8) is 0 Å². The molecule has 1 rings (SSSR count). The maximum atomic E-state index is 11.7. The van der Waals surface area contributed by atoms with Crippen molar-refractivity contribution < 1.29 is 19.9 Å². The third-order valence-electron chi connectivity index (χ3n) is 2.65. The highest BCUT2D eigenvalue weighted by Gasteiger charge is 2.25. The summed E-state index contributed by atoms with van der Waals surface area (Å²) in [5.41, 5.74) is 5.62. The van der Waals surface area contributed by atoms with Gasteiger partial charge < -0.3 is 10.8 Å². The maximum Gasteiger partial charge on any atom is 0.247 e. The fourth-order valence-corrected chi connectivity index (χ4v) is 1.87. The number of aryl methyl sites for hydroxylation is 1. The Balaban J connectivity index is 2.60. The number of rotatable bonds is 6. The number of amides is 2. The van der Waals surface area contributed by atoms with E-state index in [2.05, 4.69) is 12.6 Å². The molecule has 0 aliphatic rings. The van der Waals surface area contributed by atoms with Gasteiger partial charge in [0.25, 0.3) is 0 Å². The Morgan fingerprint density at radius 1 is 1.37 bits per heavy atom. The summed E-state index contributed by atoms with van der Waals surface area (Å²) in [6, 6.07) is 5.43. The fraction of sp³-hybridized carbons (Fsp3) is 0.333. The topological polar surface area (TPSA) is 104 Å². The van der Waals surface area contributed by atoms with Crippen LogP contribution >= 0.6 is 12.6 Å². The first-order valence-corrected chi connectivity index (χ1v) is 6.28. The van der Waals surface area contributed by atoms with E-state index in [1.807, 2.05) is 0 Å². The van der Waals surface area contributed by atoms with E-state index in [0.29, 0.717) is 10.6 Å². The number of aromatic hydroxyl groups is 1. The van der Waals surface area contributed by atoms with Crippen LogP contribution in [0.3, 0.4) is 0 Å². The molecule has 1 aromatic carbocycles. The summed E-state index contributed by atoms with van der Waals surface area (Å²) in [4.78, 5) is 22.7. The minimum absolute atomic E-state index is 0.0500. The molecule has 0 heterocycles. The lowest BCUT2D eigenvalue weighted by Gasteiger charge is -2.21. The molecule has 4 N–H and O–H groups in total. The number of hydrogen-bond donors (Lipinski definition) is 4. The zero-order valence-electron chi connectivity index (χ0n) is 10.2. The number of nitrogens with zero attached hydrogens (tertiary/aromatic N) is 1. The number of carbonyl (C=O) groups excluding carboxylic acids is 2. The van der Waals surface area contributed by atoms with Crippen molar-refractivity contribution in [1.29, 1.82) is 0 Å². The zero-order valence-corrected chi connectivity index (χ0v) is 11.1. The molecule has 0 saturated heterocycles. The molecule has 1 atom stereocenters. The number of phenols is 1. The molecular weight excluding hydrogens is 268 g/mol. The van der Waals surface area contributed by atoms with E-state index >= 15 is 0 Å². The van der Waals surface area contributed by atoms with Gasteiger partial charge in [0.2, 0.25) is 11.8 Å². The van der Waals surface area contributed by atoms with Crippen molar-refractivity contribution in [3.05, 3.63) is 29.8 Å². The highest BCUT2D eigenvalue weighted by molar-refractivity contribution is 7.80. The summed E-state index contributed by atoms with van der Waals surface area (Å²) in [6.45, 7) is 0. The molecule has 7 heteroatoms. The van der Waals surface area contributed by atoms with Gasteiger partial charge in [0, 0.05) is 12.2 Å². The second-order valence-electron chi connectivity index (χ2n) is 3.97. The summed E-state index contributed by atoms with van der Waals surface area (Å²) in [5.74, 6) is -1.45. The van der Waals surface area contributed by atoms with Gasteiger partial charge in [-0.1, -0.05) is 18.2 Å². The third-order valence-corrected chi connectivity index (χ3v) is 3.00. The Morgan fingerprint density at radius 3 is 2.53 bits per heavy atom. The van der Waals surface area contributed by atoms with E-state index in [4.69, 9.17) is 5.73 Å². The van der Waals surface area contributed by atoms with Crippen LogP contribution < -0.4 is 5.73 Å². The number of carbonyl (C=O) groups is 2. The second kappa shape index (κ2) is 7.01. The van der Waals surface area contributed by atoms with Gasteiger partial charge in [0.1, 0.15) is 11.8 Å². The van der Waals surface area contributed by atoms with Crippen LogP contribution in [0.5, 0.6) is 5.75 Å². The predicted octanol–water partition coefficient (Wildman–Crippen LogP) is 0.326. The summed E-state index contributed by atoms with van der Waals surface area (Å²) in [7, 11) is 0. The molecule has 0 spiro atoms. The van der Waals surface area contributed by atoms with E-state index in [-0.39, 0.29) is 24.3 Å². The molecule has 0 saturated carbocycles. The van der Waals surface area contributed by atoms with Crippen molar-refractivity contribution in [1.82, 2.24) is 5.06 Å². The van der Waals surface area contributed by atoms with Gasteiger partial charge in [-0.2, -0.15) is 12.6 Å². The third kappa shape index (κ3) is 4.15. The number of para-hydroxylation sites is 1. The molecule has 0 bridgehead atoms. The lowest BCUT2D eigenvalue weighted by Crippen LogP contribution is -2.47. The van der Waals surface area contributed by atoms with Crippen LogP contribution in [0.15, 0.2) is 24.3 Å². The summed E-state index contributed by atoms with van der Waals surface area (Å²) in [6.07, 6.45) is 0.201. The first kappa shape index (κ1) is 15.3. The quantitative estimate of drug-likeness (QED) is 0.343. The van der Waals surface area contributed by atoms with Crippen molar-refractivity contribution >= 4 is 24.4 Å². The van der Waals surface area contributed by atoms with Gasteiger partial charge in [-0.15, -0.1) is 0 Å². The molecule has 2 amide bonds. The van der Waals surface area contributed by atoms with Crippen LogP contribution in [-0.2, 0) is 16.0 Å². The summed E-state index contributed by atoms with van der Waals surface area (Å²) in [5, 5.41) is 19.4. The van der Waals surface area contributed by atoms with Crippen molar-refractivity contribution in [2.45, 2.75) is 18.9 Å². The van der Waals surface area contributed by atoms with Crippen LogP contribution in [0.1, 0.15) is 12.0 Å². The molecule has 0 fully saturated rings. The summed E-state index contributed by atoms with van der Waals surface area (Å²) >= 11 is 3.85. The van der Waals surface area contributed by atoms with Gasteiger partial charge in [0.15, 0.2) is 0 Å². The average molecular weight is 284 g/mol. The van der Waals surface area contributed by atoms with Gasteiger partial charge in [-0.3, -0.25) is 14.8 Å². The van der Waals surface area contributed by atoms with Gasteiger partial charge in [-0.25, -0.2) is 5.06 Å². The maximum absolute atomic E-state index is 11.7. The minimum atomic E-state index is -1.15. The molecular formula is C12H16N2O4S. The molecule has 0 aliphatic carbocycles. The zero-order chi connectivity index (χ0) is 14.4. The highest BCUT2D eigenvalue weighted by atomic mass is 32.1. The molecule has 0 radical (unpaired) electrons. The lowest BCUT2D eigenvalue weighted by molar-refractivity contribution is -0.177. The second-order valence-corrected chi connectivity index (χ2v) is 4.33. The fourth-order valence-electron chi connectivity index (χ4n) is 1.54. The predicted molar refractivity (Wildman–Crippen MR) is 71.9 cm³/mol. The van der Waals surface area contributed by atoms with E-state index in [9.17, 15) is 19.9 Å². The number of primary amides is 1. The Labute approximate surface area is 116 Å². The first-order chi connectivity index (χ1) is 8.97. The number of thiol groups is 1. The van der Waals surface area contributed by atoms with Gasteiger partial charge >= 0.3 is 0 Å². The number of hydroxylamine groups is 2. The Hall–Kier alpha value is -1.73. The van der Waals surface area contributed by atoms with E-state index in [1.54, 1.807) is 18.2 Å². The Bertz CT molecular complexity index is 467. The number of benzene rings is 1. The lowest BCUT2D eigenvalue weighted by atomic mass is 10.1. The average Bonchev–Trinajstić information content (AvgIpc) is 2.37. The smallest absolute Gasteiger partial charge is 0.247 e. The Kier molecular flexibility index (Phi) is 5.65. The molecule has 0 aliphatic heterocycles.